The zero-order valence-electron chi connectivity index (χ0n) is 8.45. The first kappa shape index (κ1) is 9.19. The van der Waals surface area contributed by atoms with Crippen LogP contribution in [0.4, 0.5) is 0 Å². The topological polar surface area (TPSA) is 42.0 Å². The van der Waals surface area contributed by atoms with E-state index in [0.29, 0.717) is 6.42 Å². The third kappa shape index (κ3) is 1.50. The summed E-state index contributed by atoms with van der Waals surface area (Å²) in [5.41, 5.74) is 0.821. The van der Waals surface area contributed by atoms with Gasteiger partial charge in [-0.05, 0) is 26.0 Å². The average Bonchev–Trinajstić information content (AvgIpc) is 2.41. The lowest BCUT2D eigenvalue weighted by atomic mass is 9.86. The monoisotopic (exact) mass is 190 g/mol. The van der Waals surface area contributed by atoms with Gasteiger partial charge < -0.3 is 5.32 Å². The number of nitrogens with zero attached hydrogens (tertiary/aromatic N) is 1. The number of aromatic nitrogens is 1. The maximum Gasteiger partial charge on any atom is 0.221 e. The zero-order chi connectivity index (χ0) is 10.2. The lowest BCUT2D eigenvalue weighted by Gasteiger charge is -2.25. The minimum absolute atomic E-state index is 0.116. The van der Waals surface area contributed by atoms with E-state index in [4.69, 9.17) is 0 Å². The molecule has 1 aromatic rings. The quantitative estimate of drug-likeness (QED) is 0.728. The Kier molecular flexibility index (Phi) is 2.02. The molecule has 0 aromatic carbocycles. The highest BCUT2D eigenvalue weighted by Crippen LogP contribution is 2.34. The van der Waals surface area contributed by atoms with E-state index in [1.54, 1.807) is 6.20 Å². The predicted molar refractivity (Wildman–Crippen MR) is 53.8 cm³/mol. The van der Waals surface area contributed by atoms with Gasteiger partial charge >= 0.3 is 0 Å². The fourth-order valence-electron chi connectivity index (χ4n) is 1.99. The summed E-state index contributed by atoms with van der Waals surface area (Å²) < 4.78 is 0. The van der Waals surface area contributed by atoms with E-state index in [2.05, 4.69) is 10.3 Å². The van der Waals surface area contributed by atoms with Gasteiger partial charge in [0.05, 0.1) is 0 Å². The van der Waals surface area contributed by atoms with Crippen molar-refractivity contribution in [2.24, 2.45) is 0 Å². The van der Waals surface area contributed by atoms with Crippen molar-refractivity contribution >= 4 is 5.91 Å². The van der Waals surface area contributed by atoms with Crippen LogP contribution in [0.5, 0.6) is 0 Å². The molecule has 1 fully saturated rings. The molecule has 3 nitrogen and oxygen atoms in total. The number of carbonyl (C=O) groups is 1. The maximum absolute atomic E-state index is 11.3. The summed E-state index contributed by atoms with van der Waals surface area (Å²) in [5.74, 6) is 0.307. The Hall–Kier alpha value is -1.38. The van der Waals surface area contributed by atoms with Gasteiger partial charge in [-0.15, -0.1) is 0 Å². The number of hydrogen-bond donors (Lipinski definition) is 1. The molecule has 3 heteroatoms. The summed E-state index contributed by atoms with van der Waals surface area (Å²) in [7, 11) is 0. The molecule has 2 rings (SSSR count). The second kappa shape index (κ2) is 3.08. The van der Waals surface area contributed by atoms with Crippen LogP contribution in [0, 0.1) is 0 Å². The smallest absolute Gasteiger partial charge is 0.221 e. The number of nitrogens with one attached hydrogen (secondary N) is 1. The fourth-order valence-corrected chi connectivity index (χ4v) is 1.99. The number of hydrogen-bond acceptors (Lipinski definition) is 2. The van der Waals surface area contributed by atoms with Gasteiger partial charge in [0.25, 0.3) is 0 Å². The Morgan fingerprint density at radius 1 is 1.50 bits per heavy atom. The van der Waals surface area contributed by atoms with Gasteiger partial charge in [0.2, 0.25) is 5.91 Å². The van der Waals surface area contributed by atoms with Gasteiger partial charge in [-0.25, -0.2) is 0 Å². The van der Waals surface area contributed by atoms with Crippen molar-refractivity contribution in [3.05, 3.63) is 30.1 Å². The molecule has 0 radical (unpaired) electrons. The van der Waals surface area contributed by atoms with Crippen molar-refractivity contribution in [3.63, 3.8) is 0 Å². The summed E-state index contributed by atoms with van der Waals surface area (Å²) in [6.07, 6.45) is 2.32. The number of carbonyl (C=O) groups excluding carboxylic acids is 1. The molecule has 0 saturated carbocycles. The molecule has 1 atom stereocenters. The molecule has 1 unspecified atom stereocenters. The average molecular weight is 190 g/mol. The van der Waals surface area contributed by atoms with Gasteiger partial charge in [0.1, 0.15) is 0 Å². The van der Waals surface area contributed by atoms with E-state index in [-0.39, 0.29) is 17.4 Å². The van der Waals surface area contributed by atoms with E-state index >= 15 is 0 Å². The number of pyridine rings is 1. The van der Waals surface area contributed by atoms with Crippen molar-refractivity contribution in [1.82, 2.24) is 10.3 Å². The van der Waals surface area contributed by atoms with Crippen LogP contribution in [0.3, 0.4) is 0 Å². The van der Waals surface area contributed by atoms with Crippen LogP contribution in [0.15, 0.2) is 24.4 Å². The predicted octanol–water partition coefficient (Wildman–Crippen LogP) is 1.46. The highest BCUT2D eigenvalue weighted by molar-refractivity contribution is 5.81. The van der Waals surface area contributed by atoms with Gasteiger partial charge in [0, 0.05) is 29.8 Å². The Morgan fingerprint density at radius 2 is 2.29 bits per heavy atom. The normalized spacial score (nSPS) is 24.7. The second-order valence-corrected chi connectivity index (χ2v) is 4.28. The van der Waals surface area contributed by atoms with Crippen LogP contribution < -0.4 is 5.32 Å². The van der Waals surface area contributed by atoms with Crippen molar-refractivity contribution in [1.29, 1.82) is 0 Å². The molecule has 1 amide bonds. The van der Waals surface area contributed by atoms with Crippen molar-refractivity contribution in [3.8, 4) is 0 Å². The SMILES string of the molecule is CC1(C)NC(=O)CC1c1ccccn1. The van der Waals surface area contributed by atoms with Gasteiger partial charge in [-0.1, -0.05) is 6.07 Å². The van der Waals surface area contributed by atoms with Crippen LogP contribution in [0.25, 0.3) is 0 Å². The zero-order valence-corrected chi connectivity index (χ0v) is 8.45. The van der Waals surface area contributed by atoms with Crippen molar-refractivity contribution in [2.45, 2.75) is 31.7 Å². The standard InChI is InChI=1S/C11H14N2O/c1-11(2)8(7-10(14)13-11)9-5-3-4-6-12-9/h3-6,8H,7H2,1-2H3,(H,13,14). The third-order valence-electron chi connectivity index (χ3n) is 2.77. The van der Waals surface area contributed by atoms with E-state index in [0.717, 1.165) is 5.69 Å². The molecule has 0 bridgehead atoms. The first-order valence-corrected chi connectivity index (χ1v) is 4.81. The molecule has 74 valence electrons. The number of amides is 1. The van der Waals surface area contributed by atoms with Crippen molar-refractivity contribution in [2.75, 3.05) is 0 Å². The molecule has 0 spiro atoms. The van der Waals surface area contributed by atoms with Crippen LogP contribution in [0.2, 0.25) is 0 Å². The minimum Gasteiger partial charge on any atom is -0.351 e. The molecule has 1 N–H and O–H groups in total. The lowest BCUT2D eigenvalue weighted by molar-refractivity contribution is -0.119. The van der Waals surface area contributed by atoms with Crippen molar-refractivity contribution < 1.29 is 4.79 Å². The van der Waals surface area contributed by atoms with E-state index in [1.165, 1.54) is 0 Å². The largest absolute Gasteiger partial charge is 0.351 e. The fraction of sp³-hybridized carbons (Fsp3) is 0.455. The summed E-state index contributed by atoms with van der Waals surface area (Å²) in [4.78, 5) is 15.6. The van der Waals surface area contributed by atoms with E-state index in [9.17, 15) is 4.79 Å². The maximum atomic E-state index is 11.3. The Morgan fingerprint density at radius 3 is 2.79 bits per heavy atom. The summed E-state index contributed by atoms with van der Waals surface area (Å²) >= 11 is 0. The highest BCUT2D eigenvalue weighted by atomic mass is 16.2. The molecule has 0 aliphatic carbocycles. The summed E-state index contributed by atoms with van der Waals surface area (Å²) in [6, 6.07) is 5.83. The molecule has 1 aliphatic rings. The molecule has 14 heavy (non-hydrogen) atoms. The van der Waals surface area contributed by atoms with Gasteiger partial charge in [-0.2, -0.15) is 0 Å². The summed E-state index contributed by atoms with van der Waals surface area (Å²) in [5, 5.41) is 2.96. The number of rotatable bonds is 1. The van der Waals surface area contributed by atoms with E-state index in [1.807, 2.05) is 32.0 Å². The summed E-state index contributed by atoms with van der Waals surface area (Å²) in [6.45, 7) is 4.08. The van der Waals surface area contributed by atoms with Gasteiger partial charge in [-0.3, -0.25) is 9.78 Å². The van der Waals surface area contributed by atoms with Crippen LogP contribution in [-0.4, -0.2) is 16.4 Å². The van der Waals surface area contributed by atoms with Crippen LogP contribution >= 0.6 is 0 Å². The minimum atomic E-state index is -0.175. The highest BCUT2D eigenvalue weighted by Gasteiger charge is 2.40. The third-order valence-corrected chi connectivity index (χ3v) is 2.77. The first-order valence-electron chi connectivity index (χ1n) is 4.81. The van der Waals surface area contributed by atoms with Crippen LogP contribution in [-0.2, 0) is 4.79 Å². The molecule has 1 aromatic heterocycles. The molecular formula is C11H14N2O. The molecule has 2 heterocycles. The Balaban J connectivity index is 2.32. The molecule has 1 aliphatic heterocycles. The first-order chi connectivity index (χ1) is 6.59. The Bertz CT molecular complexity index is 346. The van der Waals surface area contributed by atoms with Gasteiger partial charge in [0.15, 0.2) is 0 Å². The molecular weight excluding hydrogens is 176 g/mol. The van der Waals surface area contributed by atoms with E-state index < -0.39 is 0 Å². The second-order valence-electron chi connectivity index (χ2n) is 4.28. The Labute approximate surface area is 83.5 Å². The lowest BCUT2D eigenvalue weighted by Crippen LogP contribution is -2.38. The van der Waals surface area contributed by atoms with Crippen LogP contribution in [0.1, 0.15) is 31.9 Å². The molecule has 1 saturated heterocycles.